The van der Waals surface area contributed by atoms with Crippen LogP contribution in [0, 0.1) is 17.5 Å². The van der Waals surface area contributed by atoms with Crippen LogP contribution >= 0.6 is 0 Å². The van der Waals surface area contributed by atoms with Crippen LogP contribution in [0.25, 0.3) is 11.4 Å². The molecule has 0 N–H and O–H groups in total. The molecule has 1 saturated carbocycles. The summed E-state index contributed by atoms with van der Waals surface area (Å²) in [5.41, 5.74) is -0.0400. The Morgan fingerprint density at radius 1 is 1.20 bits per heavy atom. The smallest absolute Gasteiger partial charge is 0.237 e. The van der Waals surface area contributed by atoms with E-state index in [2.05, 4.69) is 10.1 Å². The van der Waals surface area contributed by atoms with Gasteiger partial charge in [-0.1, -0.05) is 5.16 Å². The van der Waals surface area contributed by atoms with Gasteiger partial charge in [0.15, 0.2) is 17.5 Å². The highest BCUT2D eigenvalue weighted by Crippen LogP contribution is 2.31. The normalized spacial score (nSPS) is 18.8. The van der Waals surface area contributed by atoms with Crippen LogP contribution in [-0.2, 0) is 4.79 Å². The average Bonchev–Trinajstić information content (AvgIpc) is 3.03. The van der Waals surface area contributed by atoms with Crippen molar-refractivity contribution in [2.24, 2.45) is 0 Å². The molecule has 1 fully saturated rings. The summed E-state index contributed by atoms with van der Waals surface area (Å²) in [4.78, 5) is 15.5. The van der Waals surface area contributed by atoms with E-state index in [0.717, 1.165) is 18.6 Å². The van der Waals surface area contributed by atoms with Gasteiger partial charge in [0.1, 0.15) is 5.78 Å². The second-order valence-electron chi connectivity index (χ2n) is 4.62. The number of carbonyl (C=O) groups is 1. The Bertz CT molecular complexity index is 661. The van der Waals surface area contributed by atoms with Gasteiger partial charge < -0.3 is 4.52 Å². The number of hydrogen-bond donors (Lipinski definition) is 0. The summed E-state index contributed by atoms with van der Waals surface area (Å²) < 4.78 is 44.1. The number of ketones is 1. The Balaban J connectivity index is 1.96. The van der Waals surface area contributed by atoms with Crippen molar-refractivity contribution in [2.75, 3.05) is 0 Å². The first kappa shape index (κ1) is 12.8. The number of carbonyl (C=O) groups excluding carboxylic acids is 1. The average molecular weight is 282 g/mol. The van der Waals surface area contributed by atoms with E-state index in [0.29, 0.717) is 12.8 Å². The topological polar surface area (TPSA) is 56.0 Å². The molecule has 0 radical (unpaired) electrons. The van der Waals surface area contributed by atoms with Crippen molar-refractivity contribution in [3.8, 4) is 11.4 Å². The Kier molecular flexibility index (Phi) is 3.04. The van der Waals surface area contributed by atoms with Gasteiger partial charge in [0.05, 0.1) is 5.92 Å². The number of aromatic nitrogens is 2. The molecule has 7 heteroatoms. The van der Waals surface area contributed by atoms with E-state index < -0.39 is 23.4 Å². The van der Waals surface area contributed by atoms with Crippen LogP contribution in [0.4, 0.5) is 13.2 Å². The molecule has 2 aromatic rings. The molecule has 1 heterocycles. The standard InChI is InChI=1S/C13H9F3N2O2/c14-8-4-6(5-9(15)11(8)16)12-17-13(20-18-12)7-2-1-3-10(7)19/h4-5,7H,1-3H2. The third-order valence-corrected chi connectivity index (χ3v) is 3.29. The molecule has 104 valence electrons. The number of nitrogens with zero attached hydrogens (tertiary/aromatic N) is 2. The fourth-order valence-electron chi connectivity index (χ4n) is 2.26. The second kappa shape index (κ2) is 4.73. The lowest BCUT2D eigenvalue weighted by molar-refractivity contribution is -0.119. The zero-order valence-electron chi connectivity index (χ0n) is 10.2. The van der Waals surface area contributed by atoms with Gasteiger partial charge in [-0.3, -0.25) is 4.79 Å². The minimum absolute atomic E-state index is 0.0108. The van der Waals surface area contributed by atoms with Crippen LogP contribution < -0.4 is 0 Å². The van der Waals surface area contributed by atoms with Crippen LogP contribution in [0.2, 0.25) is 0 Å². The lowest BCUT2D eigenvalue weighted by atomic mass is 10.1. The van der Waals surface area contributed by atoms with E-state index in [1.165, 1.54) is 0 Å². The molecule has 1 atom stereocenters. The molecule has 0 saturated heterocycles. The lowest BCUT2D eigenvalue weighted by Gasteiger charge is -1.99. The molecule has 1 aliphatic carbocycles. The lowest BCUT2D eigenvalue weighted by Crippen LogP contribution is -2.04. The SMILES string of the molecule is O=C1CCCC1c1nc(-c2cc(F)c(F)c(F)c2)no1. The zero-order valence-corrected chi connectivity index (χ0v) is 10.2. The van der Waals surface area contributed by atoms with Crippen molar-refractivity contribution in [3.63, 3.8) is 0 Å². The molecule has 1 aromatic carbocycles. The Hall–Kier alpha value is -2.18. The van der Waals surface area contributed by atoms with Crippen molar-refractivity contribution in [1.29, 1.82) is 0 Å². The second-order valence-corrected chi connectivity index (χ2v) is 4.62. The highest BCUT2D eigenvalue weighted by molar-refractivity contribution is 5.86. The summed E-state index contributed by atoms with van der Waals surface area (Å²) in [7, 11) is 0. The predicted molar refractivity (Wildman–Crippen MR) is 61.2 cm³/mol. The van der Waals surface area contributed by atoms with E-state index in [9.17, 15) is 18.0 Å². The maximum atomic E-state index is 13.1. The van der Waals surface area contributed by atoms with Gasteiger partial charge in [-0.15, -0.1) is 0 Å². The predicted octanol–water partition coefficient (Wildman–Crippen LogP) is 2.99. The first-order chi connectivity index (χ1) is 9.56. The van der Waals surface area contributed by atoms with E-state index in [4.69, 9.17) is 4.52 Å². The molecular weight excluding hydrogens is 273 g/mol. The highest BCUT2D eigenvalue weighted by Gasteiger charge is 2.31. The van der Waals surface area contributed by atoms with Gasteiger partial charge in [-0.25, -0.2) is 13.2 Å². The van der Waals surface area contributed by atoms with E-state index >= 15 is 0 Å². The minimum Gasteiger partial charge on any atom is -0.338 e. The summed E-state index contributed by atoms with van der Waals surface area (Å²) in [6.07, 6.45) is 1.83. The molecule has 20 heavy (non-hydrogen) atoms. The van der Waals surface area contributed by atoms with Gasteiger partial charge in [0, 0.05) is 12.0 Å². The molecule has 0 bridgehead atoms. The molecule has 0 aliphatic heterocycles. The third-order valence-electron chi connectivity index (χ3n) is 3.29. The number of halogens is 3. The first-order valence-corrected chi connectivity index (χ1v) is 6.07. The quantitative estimate of drug-likeness (QED) is 0.794. The number of hydrogen-bond acceptors (Lipinski definition) is 4. The van der Waals surface area contributed by atoms with Crippen molar-refractivity contribution < 1.29 is 22.5 Å². The van der Waals surface area contributed by atoms with Crippen molar-refractivity contribution in [1.82, 2.24) is 10.1 Å². The molecule has 0 amide bonds. The van der Waals surface area contributed by atoms with Crippen molar-refractivity contribution in [3.05, 3.63) is 35.5 Å². The summed E-state index contributed by atoms with van der Waals surface area (Å²) in [6.45, 7) is 0. The Morgan fingerprint density at radius 3 is 2.50 bits per heavy atom. The van der Waals surface area contributed by atoms with Gasteiger partial charge in [-0.2, -0.15) is 4.98 Å². The molecule has 1 aromatic heterocycles. The molecule has 4 nitrogen and oxygen atoms in total. The van der Waals surface area contributed by atoms with E-state index in [1.807, 2.05) is 0 Å². The van der Waals surface area contributed by atoms with Crippen LogP contribution in [0.5, 0.6) is 0 Å². The fourth-order valence-corrected chi connectivity index (χ4v) is 2.26. The summed E-state index contributed by atoms with van der Waals surface area (Å²) >= 11 is 0. The largest absolute Gasteiger partial charge is 0.338 e. The fraction of sp³-hybridized carbons (Fsp3) is 0.308. The summed E-state index contributed by atoms with van der Waals surface area (Å²) in [5.74, 6) is -4.59. The van der Waals surface area contributed by atoms with Crippen LogP contribution in [0.15, 0.2) is 16.7 Å². The first-order valence-electron chi connectivity index (χ1n) is 6.07. The molecule has 1 aliphatic rings. The summed E-state index contributed by atoms with van der Waals surface area (Å²) in [5, 5.41) is 3.58. The highest BCUT2D eigenvalue weighted by atomic mass is 19.2. The zero-order chi connectivity index (χ0) is 14.3. The van der Waals surface area contributed by atoms with Gasteiger partial charge in [0.25, 0.3) is 0 Å². The minimum atomic E-state index is -1.55. The Morgan fingerprint density at radius 2 is 1.90 bits per heavy atom. The molecular formula is C13H9F3N2O2. The molecule has 1 unspecified atom stereocenters. The molecule has 3 rings (SSSR count). The van der Waals surface area contributed by atoms with Gasteiger partial charge >= 0.3 is 0 Å². The third kappa shape index (κ3) is 2.09. The number of rotatable bonds is 2. The van der Waals surface area contributed by atoms with Gasteiger partial charge in [-0.05, 0) is 25.0 Å². The summed E-state index contributed by atoms with van der Waals surface area (Å²) in [6, 6.07) is 1.56. The number of benzene rings is 1. The van der Waals surface area contributed by atoms with Crippen LogP contribution in [0.1, 0.15) is 31.1 Å². The van der Waals surface area contributed by atoms with Crippen LogP contribution in [-0.4, -0.2) is 15.9 Å². The van der Waals surface area contributed by atoms with E-state index in [1.54, 1.807) is 0 Å². The number of Topliss-reactive ketones (excluding diaryl/α,β-unsaturated/α-hetero) is 1. The maximum Gasteiger partial charge on any atom is 0.237 e. The molecule has 0 spiro atoms. The van der Waals surface area contributed by atoms with Crippen molar-refractivity contribution >= 4 is 5.78 Å². The Labute approximate surface area is 111 Å². The van der Waals surface area contributed by atoms with E-state index in [-0.39, 0.29) is 23.1 Å². The monoisotopic (exact) mass is 282 g/mol. The van der Waals surface area contributed by atoms with Crippen molar-refractivity contribution in [2.45, 2.75) is 25.2 Å². The van der Waals surface area contributed by atoms with Crippen LogP contribution in [0.3, 0.4) is 0 Å². The maximum absolute atomic E-state index is 13.1. The van der Waals surface area contributed by atoms with Gasteiger partial charge in [0.2, 0.25) is 11.7 Å².